The Morgan fingerprint density at radius 3 is 2.58 bits per heavy atom. The summed E-state index contributed by atoms with van der Waals surface area (Å²) in [5.41, 5.74) is 0.0970. The first-order chi connectivity index (χ1) is 18.1. The van der Waals surface area contributed by atoms with Gasteiger partial charge in [-0.2, -0.15) is 13.2 Å². The molecule has 4 aromatic rings. The highest BCUT2D eigenvalue weighted by Crippen LogP contribution is 2.27. The molecule has 0 aliphatic carbocycles. The highest BCUT2D eigenvalue weighted by atomic mass is 19.4. The number of anilines is 1. The van der Waals surface area contributed by atoms with Gasteiger partial charge in [-0.1, -0.05) is 12.1 Å². The number of nitrogens with zero attached hydrogens (tertiary/aromatic N) is 4. The summed E-state index contributed by atoms with van der Waals surface area (Å²) in [6.45, 7) is -1.02. The van der Waals surface area contributed by atoms with E-state index in [0.717, 1.165) is 6.20 Å². The number of urea groups is 1. The molecule has 1 aromatic carbocycles. The van der Waals surface area contributed by atoms with Crippen LogP contribution in [0.15, 0.2) is 64.4 Å². The first-order valence-electron chi connectivity index (χ1n) is 11.8. The lowest BCUT2D eigenvalue weighted by Crippen LogP contribution is -2.43. The molecule has 0 bridgehead atoms. The number of aromatic amines is 1. The number of rotatable bonds is 4. The van der Waals surface area contributed by atoms with Crippen molar-refractivity contribution in [1.29, 1.82) is 0 Å². The Bertz CT molecular complexity index is 1620. The molecule has 13 heteroatoms. The first-order valence-corrected chi connectivity index (χ1v) is 11.8. The molecular weight excluding hydrogens is 505 g/mol. The number of benzene rings is 1. The molecule has 1 fully saturated rings. The van der Waals surface area contributed by atoms with Gasteiger partial charge in [-0.15, -0.1) is 0 Å². The van der Waals surface area contributed by atoms with Crippen molar-refractivity contribution in [3.8, 4) is 16.9 Å². The van der Waals surface area contributed by atoms with E-state index in [2.05, 4.69) is 15.3 Å². The van der Waals surface area contributed by atoms with Crippen molar-refractivity contribution < 1.29 is 23.1 Å². The van der Waals surface area contributed by atoms with Crippen LogP contribution in [0.3, 0.4) is 0 Å². The molecule has 1 saturated heterocycles. The molecule has 1 aliphatic heterocycles. The smallest absolute Gasteiger partial charge is 0.406 e. The number of carbonyl (C=O) groups excluding carboxylic acids is 1. The van der Waals surface area contributed by atoms with Gasteiger partial charge in [0.05, 0.1) is 5.52 Å². The van der Waals surface area contributed by atoms with E-state index in [1.165, 1.54) is 29.2 Å². The Labute approximate surface area is 213 Å². The molecule has 0 spiro atoms. The zero-order valence-electron chi connectivity index (χ0n) is 19.9. The number of likely N-dealkylation sites (tertiary alicyclic amines) is 1. The zero-order chi connectivity index (χ0) is 27.0. The Hall–Kier alpha value is -4.55. The van der Waals surface area contributed by atoms with Crippen LogP contribution in [0.1, 0.15) is 18.9 Å². The van der Waals surface area contributed by atoms with E-state index in [1.807, 2.05) is 0 Å². The van der Waals surface area contributed by atoms with Crippen LogP contribution in [0.4, 0.5) is 23.7 Å². The predicted octanol–water partition coefficient (Wildman–Crippen LogP) is 3.69. The molecule has 38 heavy (non-hydrogen) atoms. The third kappa shape index (κ3) is 5.12. The van der Waals surface area contributed by atoms with Crippen LogP contribution in [0.2, 0.25) is 0 Å². The molecule has 198 valence electrons. The molecule has 3 aromatic heterocycles. The van der Waals surface area contributed by atoms with Crippen molar-refractivity contribution >= 4 is 22.9 Å². The molecule has 5 rings (SSSR count). The Morgan fingerprint density at radius 2 is 1.87 bits per heavy atom. The zero-order valence-corrected chi connectivity index (χ0v) is 19.9. The third-order valence-corrected chi connectivity index (χ3v) is 6.46. The number of imidazole rings is 1. The van der Waals surface area contributed by atoms with Gasteiger partial charge in [-0.25, -0.2) is 14.6 Å². The number of hydrogen-bond acceptors (Lipinski definition) is 5. The van der Waals surface area contributed by atoms with Gasteiger partial charge in [0.15, 0.2) is 5.65 Å². The number of phenols is 1. The Kier molecular flexibility index (Phi) is 6.43. The molecule has 10 nitrogen and oxygen atoms in total. The van der Waals surface area contributed by atoms with Crippen molar-refractivity contribution in [2.45, 2.75) is 31.6 Å². The van der Waals surface area contributed by atoms with E-state index in [0.29, 0.717) is 34.1 Å². The molecule has 2 amide bonds. The topological polar surface area (TPSA) is 125 Å². The summed E-state index contributed by atoms with van der Waals surface area (Å²) in [5.74, 6) is -0.102. The van der Waals surface area contributed by atoms with Gasteiger partial charge >= 0.3 is 17.9 Å². The van der Waals surface area contributed by atoms with E-state index in [-0.39, 0.29) is 41.8 Å². The van der Waals surface area contributed by atoms with Gasteiger partial charge in [0, 0.05) is 37.1 Å². The molecular formula is C25H23F3N6O4. The van der Waals surface area contributed by atoms with Crippen molar-refractivity contribution in [1.82, 2.24) is 24.0 Å². The van der Waals surface area contributed by atoms with E-state index in [4.69, 9.17) is 0 Å². The quantitative estimate of drug-likeness (QED) is 0.373. The van der Waals surface area contributed by atoms with Gasteiger partial charge in [0.25, 0.3) is 5.56 Å². The summed E-state index contributed by atoms with van der Waals surface area (Å²) in [6.07, 6.45) is -1.14. The second-order valence-electron chi connectivity index (χ2n) is 9.06. The van der Waals surface area contributed by atoms with Crippen molar-refractivity contribution in [2.75, 3.05) is 18.4 Å². The van der Waals surface area contributed by atoms with E-state index >= 15 is 0 Å². The van der Waals surface area contributed by atoms with Crippen LogP contribution in [-0.4, -0.2) is 54.4 Å². The minimum absolute atomic E-state index is 0.102. The number of carbonyl (C=O) groups is 1. The number of amides is 2. The Balaban J connectivity index is 1.36. The molecule has 0 unspecified atom stereocenters. The number of phenolic OH excluding ortho intramolecular Hbond substituents is 1. The standard InChI is InChI=1S/C25H23F3N6O4/c26-25(27,28)14-33-13-16(15-3-1-4-18(35)11-15)12-19(22(33)36)30-23(37)32-9-6-17(7-10-32)34-20-5-2-8-29-21(20)31-24(34)38/h1-5,8,11-13,17,35H,6-7,9-10,14H2,(H,30,37)(H,29,31,38). The summed E-state index contributed by atoms with van der Waals surface area (Å²) in [5, 5.41) is 12.2. The summed E-state index contributed by atoms with van der Waals surface area (Å²) >= 11 is 0. The van der Waals surface area contributed by atoms with Crippen LogP contribution < -0.4 is 16.6 Å². The fourth-order valence-corrected chi connectivity index (χ4v) is 4.72. The molecule has 0 radical (unpaired) electrons. The molecule has 4 heterocycles. The number of alkyl halides is 3. The van der Waals surface area contributed by atoms with Crippen LogP contribution in [0.5, 0.6) is 5.75 Å². The predicted molar refractivity (Wildman–Crippen MR) is 133 cm³/mol. The van der Waals surface area contributed by atoms with Crippen molar-refractivity contribution in [3.63, 3.8) is 0 Å². The first kappa shape index (κ1) is 25.1. The normalized spacial score (nSPS) is 14.7. The minimum atomic E-state index is -4.67. The van der Waals surface area contributed by atoms with Gasteiger partial charge < -0.3 is 19.9 Å². The molecule has 0 saturated carbocycles. The molecule has 3 N–H and O–H groups in total. The maximum Gasteiger partial charge on any atom is 0.406 e. The largest absolute Gasteiger partial charge is 0.508 e. The van der Waals surface area contributed by atoms with Crippen LogP contribution >= 0.6 is 0 Å². The van der Waals surface area contributed by atoms with Gasteiger partial charge in [-0.3, -0.25) is 14.3 Å². The summed E-state index contributed by atoms with van der Waals surface area (Å²) < 4.78 is 41.6. The minimum Gasteiger partial charge on any atom is -0.508 e. The average Bonchev–Trinajstić information content (AvgIpc) is 3.21. The summed E-state index contributed by atoms with van der Waals surface area (Å²) in [7, 11) is 0. The number of aromatic hydroxyl groups is 1. The van der Waals surface area contributed by atoms with Gasteiger partial charge in [0.1, 0.15) is 18.0 Å². The number of nitrogens with one attached hydrogen (secondary N) is 2. The van der Waals surface area contributed by atoms with E-state index in [1.54, 1.807) is 29.0 Å². The SMILES string of the molecule is O=C(Nc1cc(-c2cccc(O)c2)cn(CC(F)(F)F)c1=O)N1CCC(n2c(=O)[nH]c3ncccc32)CC1. The fourth-order valence-electron chi connectivity index (χ4n) is 4.72. The van der Waals surface area contributed by atoms with E-state index in [9.17, 15) is 32.7 Å². The fraction of sp³-hybridized carbons (Fsp3) is 0.280. The van der Waals surface area contributed by atoms with Crippen molar-refractivity contribution in [2.24, 2.45) is 0 Å². The molecule has 1 aliphatic rings. The second kappa shape index (κ2) is 9.72. The highest BCUT2D eigenvalue weighted by molar-refractivity contribution is 5.90. The summed E-state index contributed by atoms with van der Waals surface area (Å²) in [6, 6.07) is 9.81. The van der Waals surface area contributed by atoms with Gasteiger partial charge in [0.2, 0.25) is 0 Å². The lowest BCUT2D eigenvalue weighted by molar-refractivity contribution is -0.141. The highest BCUT2D eigenvalue weighted by Gasteiger charge is 2.30. The Morgan fingerprint density at radius 1 is 1.11 bits per heavy atom. The monoisotopic (exact) mass is 528 g/mol. The number of aromatic nitrogens is 4. The molecule has 0 atom stereocenters. The van der Waals surface area contributed by atoms with Crippen molar-refractivity contribution in [3.05, 3.63) is 75.7 Å². The van der Waals surface area contributed by atoms with E-state index < -0.39 is 24.3 Å². The average molecular weight is 528 g/mol. The number of pyridine rings is 2. The number of halogens is 3. The summed E-state index contributed by atoms with van der Waals surface area (Å²) in [4.78, 5) is 46.6. The second-order valence-corrected chi connectivity index (χ2v) is 9.06. The third-order valence-electron chi connectivity index (χ3n) is 6.46. The number of hydrogen-bond donors (Lipinski definition) is 3. The van der Waals surface area contributed by atoms with Gasteiger partial charge in [-0.05, 0) is 48.7 Å². The number of piperidine rings is 1. The number of H-pyrrole nitrogens is 1. The maximum atomic E-state index is 13.2. The number of fused-ring (bicyclic) bond motifs is 1. The van der Waals surface area contributed by atoms with Crippen LogP contribution in [-0.2, 0) is 6.54 Å². The lowest BCUT2D eigenvalue weighted by Gasteiger charge is -2.32. The maximum absolute atomic E-state index is 13.2. The lowest BCUT2D eigenvalue weighted by atomic mass is 10.0. The van der Waals surface area contributed by atoms with Crippen LogP contribution in [0, 0.1) is 0 Å². The van der Waals surface area contributed by atoms with Crippen LogP contribution in [0.25, 0.3) is 22.3 Å².